The fraction of sp³-hybridized carbons (Fsp3) is 0. The second-order valence-electron chi connectivity index (χ2n) is 5.77. The maximum atomic E-state index is 9.53. The van der Waals surface area contributed by atoms with Crippen LogP contribution in [0.4, 0.5) is 5.69 Å². The van der Waals surface area contributed by atoms with Gasteiger partial charge in [0.25, 0.3) is 0 Å². The van der Waals surface area contributed by atoms with Crippen LogP contribution in [0.25, 0.3) is 27.7 Å². The molecule has 0 radical (unpaired) electrons. The number of fused-ring (bicyclic) bond motifs is 1. The highest BCUT2D eigenvalue weighted by molar-refractivity contribution is 7.11. The van der Waals surface area contributed by atoms with Gasteiger partial charge in [-0.05, 0) is 36.4 Å². The van der Waals surface area contributed by atoms with Crippen molar-refractivity contribution >= 4 is 45.1 Å². The zero-order valence-electron chi connectivity index (χ0n) is 14.1. The lowest BCUT2D eigenvalue weighted by Gasteiger charge is -2.03. The molecule has 0 aliphatic heterocycles. The molecular formula is C21H13ClN4S. The van der Waals surface area contributed by atoms with Crippen molar-refractivity contribution in [2.24, 2.45) is 0 Å². The van der Waals surface area contributed by atoms with Crippen LogP contribution >= 0.6 is 22.9 Å². The molecule has 0 spiro atoms. The highest BCUT2D eigenvalue weighted by Gasteiger charge is 2.09. The standard InChI is InChI=1S/C21H13ClN4S/c22-17-5-3-14(4-6-17)20-13-27-21(26-20)16(11-23)12-25-18-7-8-19-15(10-18)2-1-9-24-19/h1-10,12-13,25H/b16-12+. The molecule has 0 saturated carbocycles. The second-order valence-corrected chi connectivity index (χ2v) is 7.06. The first-order chi connectivity index (χ1) is 13.2. The van der Waals surface area contributed by atoms with Gasteiger partial charge in [0.1, 0.15) is 16.6 Å². The van der Waals surface area contributed by atoms with E-state index >= 15 is 0 Å². The third-order valence-corrected chi connectivity index (χ3v) is 5.11. The lowest BCUT2D eigenvalue weighted by Crippen LogP contribution is -1.91. The van der Waals surface area contributed by atoms with Gasteiger partial charge in [-0.1, -0.05) is 29.8 Å². The number of nitriles is 1. The van der Waals surface area contributed by atoms with E-state index in [1.807, 2.05) is 60.0 Å². The van der Waals surface area contributed by atoms with Crippen molar-refractivity contribution in [2.75, 3.05) is 5.32 Å². The van der Waals surface area contributed by atoms with E-state index < -0.39 is 0 Å². The highest BCUT2D eigenvalue weighted by atomic mass is 35.5. The molecule has 4 aromatic rings. The number of nitrogens with zero attached hydrogens (tertiary/aromatic N) is 3. The topological polar surface area (TPSA) is 61.6 Å². The number of hydrogen-bond donors (Lipinski definition) is 1. The second kappa shape index (κ2) is 7.58. The van der Waals surface area contributed by atoms with Crippen LogP contribution in [0.15, 0.2) is 72.4 Å². The highest BCUT2D eigenvalue weighted by Crippen LogP contribution is 2.27. The number of hydrogen-bond acceptors (Lipinski definition) is 5. The lowest BCUT2D eigenvalue weighted by molar-refractivity contribution is 1.36. The predicted molar refractivity (Wildman–Crippen MR) is 112 cm³/mol. The summed E-state index contributed by atoms with van der Waals surface area (Å²) < 4.78 is 0. The Balaban J connectivity index is 1.58. The number of allylic oxidation sites excluding steroid dienone is 1. The van der Waals surface area contributed by atoms with Crippen LogP contribution in [-0.2, 0) is 0 Å². The summed E-state index contributed by atoms with van der Waals surface area (Å²) in [6, 6.07) is 19.5. The summed E-state index contributed by atoms with van der Waals surface area (Å²) in [7, 11) is 0. The zero-order valence-corrected chi connectivity index (χ0v) is 15.6. The molecule has 6 heteroatoms. The molecule has 0 aliphatic rings. The number of aromatic nitrogens is 2. The molecule has 0 amide bonds. The van der Waals surface area contributed by atoms with E-state index in [9.17, 15) is 5.26 Å². The summed E-state index contributed by atoms with van der Waals surface area (Å²) in [5, 5.41) is 17.0. The van der Waals surface area contributed by atoms with Crippen LogP contribution in [0.5, 0.6) is 0 Å². The van der Waals surface area contributed by atoms with Gasteiger partial charge in [0.15, 0.2) is 0 Å². The van der Waals surface area contributed by atoms with Gasteiger partial charge < -0.3 is 5.32 Å². The maximum absolute atomic E-state index is 9.53. The lowest BCUT2D eigenvalue weighted by atomic mass is 10.2. The van der Waals surface area contributed by atoms with Crippen molar-refractivity contribution in [3.8, 4) is 17.3 Å². The Morgan fingerprint density at radius 2 is 2.00 bits per heavy atom. The first kappa shape index (κ1) is 17.2. The molecule has 2 aromatic heterocycles. The van der Waals surface area contributed by atoms with Crippen LogP contribution in [0.1, 0.15) is 5.01 Å². The average Bonchev–Trinajstić information content (AvgIpc) is 3.19. The minimum atomic E-state index is 0.478. The average molecular weight is 389 g/mol. The van der Waals surface area contributed by atoms with E-state index in [1.165, 1.54) is 11.3 Å². The predicted octanol–water partition coefficient (Wildman–Crippen LogP) is 5.99. The molecule has 4 nitrogen and oxygen atoms in total. The molecular weight excluding hydrogens is 376 g/mol. The van der Waals surface area contributed by atoms with Crippen LogP contribution < -0.4 is 5.32 Å². The molecule has 27 heavy (non-hydrogen) atoms. The third-order valence-electron chi connectivity index (χ3n) is 3.98. The normalized spacial score (nSPS) is 11.3. The van der Waals surface area contributed by atoms with Crippen LogP contribution in [0.2, 0.25) is 5.02 Å². The molecule has 4 rings (SSSR count). The summed E-state index contributed by atoms with van der Waals surface area (Å²) in [4.78, 5) is 8.88. The Hall–Kier alpha value is -3.20. The third kappa shape index (κ3) is 3.82. The van der Waals surface area contributed by atoms with E-state index in [4.69, 9.17) is 11.6 Å². The Morgan fingerprint density at radius 3 is 2.81 bits per heavy atom. The molecule has 2 aromatic carbocycles. The van der Waals surface area contributed by atoms with Crippen LogP contribution in [-0.4, -0.2) is 9.97 Å². The van der Waals surface area contributed by atoms with E-state index in [-0.39, 0.29) is 0 Å². The maximum Gasteiger partial charge on any atom is 0.136 e. The molecule has 0 fully saturated rings. The minimum absolute atomic E-state index is 0.478. The molecule has 1 N–H and O–H groups in total. The molecule has 0 atom stereocenters. The van der Waals surface area contributed by atoms with E-state index in [1.54, 1.807) is 12.4 Å². The number of nitrogens with one attached hydrogen (secondary N) is 1. The first-order valence-corrected chi connectivity index (χ1v) is 9.42. The number of benzene rings is 2. The Labute approximate surface area is 165 Å². The molecule has 0 aliphatic carbocycles. The summed E-state index contributed by atoms with van der Waals surface area (Å²) in [6.45, 7) is 0. The molecule has 0 bridgehead atoms. The number of rotatable bonds is 4. The summed E-state index contributed by atoms with van der Waals surface area (Å²) >= 11 is 7.36. The SMILES string of the molecule is N#C/C(=C\Nc1ccc2ncccc2c1)c1nc(-c2ccc(Cl)cc2)cs1. The number of halogens is 1. The summed E-state index contributed by atoms with van der Waals surface area (Å²) in [6.07, 6.45) is 3.45. The van der Waals surface area contributed by atoms with Crippen molar-refractivity contribution in [2.45, 2.75) is 0 Å². The summed E-state index contributed by atoms with van der Waals surface area (Å²) in [5.74, 6) is 0. The van der Waals surface area contributed by atoms with Gasteiger partial charge in [-0.3, -0.25) is 4.98 Å². The summed E-state index contributed by atoms with van der Waals surface area (Å²) in [5.41, 5.74) is 4.09. The quantitative estimate of drug-likeness (QED) is 0.436. The van der Waals surface area contributed by atoms with Crippen LogP contribution in [0, 0.1) is 11.3 Å². The Bertz CT molecular complexity index is 1170. The minimum Gasteiger partial charge on any atom is -0.360 e. The molecule has 0 saturated heterocycles. The first-order valence-electron chi connectivity index (χ1n) is 8.16. The largest absolute Gasteiger partial charge is 0.360 e. The Kier molecular flexibility index (Phi) is 4.84. The molecule has 130 valence electrons. The monoisotopic (exact) mass is 388 g/mol. The number of anilines is 1. The fourth-order valence-electron chi connectivity index (χ4n) is 2.61. The molecule has 0 unspecified atom stereocenters. The van der Waals surface area contributed by atoms with Crippen LogP contribution in [0.3, 0.4) is 0 Å². The van der Waals surface area contributed by atoms with Crippen molar-refractivity contribution in [3.63, 3.8) is 0 Å². The van der Waals surface area contributed by atoms with Crippen molar-refractivity contribution < 1.29 is 0 Å². The number of pyridine rings is 1. The van der Waals surface area contributed by atoms with E-state index in [2.05, 4.69) is 21.4 Å². The Morgan fingerprint density at radius 1 is 1.15 bits per heavy atom. The van der Waals surface area contributed by atoms with Crippen molar-refractivity contribution in [1.82, 2.24) is 9.97 Å². The van der Waals surface area contributed by atoms with Gasteiger partial charge in [-0.2, -0.15) is 5.26 Å². The van der Waals surface area contributed by atoms with Gasteiger partial charge in [0, 0.05) is 39.4 Å². The van der Waals surface area contributed by atoms with Crippen molar-refractivity contribution in [3.05, 3.63) is 82.4 Å². The van der Waals surface area contributed by atoms with E-state index in [0.29, 0.717) is 15.6 Å². The molecule has 2 heterocycles. The van der Waals surface area contributed by atoms with Crippen molar-refractivity contribution in [1.29, 1.82) is 5.26 Å². The van der Waals surface area contributed by atoms with E-state index in [0.717, 1.165) is 27.8 Å². The van der Waals surface area contributed by atoms with Gasteiger partial charge in [-0.15, -0.1) is 11.3 Å². The zero-order chi connectivity index (χ0) is 18.6. The van der Waals surface area contributed by atoms with Gasteiger partial charge in [0.2, 0.25) is 0 Å². The number of thiazole rings is 1. The smallest absolute Gasteiger partial charge is 0.136 e. The van der Waals surface area contributed by atoms with Gasteiger partial charge in [-0.25, -0.2) is 4.98 Å². The van der Waals surface area contributed by atoms with Gasteiger partial charge >= 0.3 is 0 Å². The fourth-order valence-corrected chi connectivity index (χ4v) is 3.53. The van der Waals surface area contributed by atoms with Gasteiger partial charge in [0.05, 0.1) is 11.2 Å².